The molecule has 0 unspecified atom stereocenters. The van der Waals surface area contributed by atoms with Gasteiger partial charge in [-0.3, -0.25) is 9.69 Å². The molecule has 1 aromatic heterocycles. The summed E-state index contributed by atoms with van der Waals surface area (Å²) < 4.78 is 38.7. The first-order chi connectivity index (χ1) is 11.2. The smallest absolute Gasteiger partial charge is 0.296 e. The van der Waals surface area contributed by atoms with Gasteiger partial charge in [0.05, 0.1) is 11.1 Å². The first kappa shape index (κ1) is 18.3. The zero-order valence-electron chi connectivity index (χ0n) is 13.5. The van der Waals surface area contributed by atoms with Crippen molar-refractivity contribution in [2.45, 2.75) is 24.9 Å². The molecule has 7 heteroatoms. The van der Waals surface area contributed by atoms with E-state index in [1.165, 1.54) is 22.7 Å². The van der Waals surface area contributed by atoms with Crippen LogP contribution in [0.3, 0.4) is 0 Å². The average Bonchev–Trinajstić information content (AvgIpc) is 2.53. The predicted octanol–water partition coefficient (Wildman–Crippen LogP) is 4.80. The Bertz CT molecular complexity index is 730. The second-order valence-corrected chi connectivity index (χ2v) is 6.51. The van der Waals surface area contributed by atoms with E-state index in [1.807, 2.05) is 19.9 Å². The van der Waals surface area contributed by atoms with E-state index in [0.717, 1.165) is 17.7 Å². The summed E-state index contributed by atoms with van der Waals surface area (Å²) in [4.78, 5) is 18.5. The summed E-state index contributed by atoms with van der Waals surface area (Å²) in [5.74, 6) is 0.614. The van der Waals surface area contributed by atoms with Crippen molar-refractivity contribution in [1.82, 2.24) is 4.98 Å². The number of hydrogen-bond donors (Lipinski definition) is 0. The summed E-state index contributed by atoms with van der Waals surface area (Å²) in [5, 5.41) is 0. The number of benzene rings is 1. The highest BCUT2D eigenvalue weighted by Gasteiger charge is 2.32. The van der Waals surface area contributed by atoms with E-state index in [0.29, 0.717) is 16.5 Å². The second-order valence-electron chi connectivity index (χ2n) is 5.20. The number of pyridine rings is 1. The number of carbonyl (C=O) groups is 1. The number of hydrogen-bond acceptors (Lipinski definition) is 3. The number of aryl methyl sites for hydroxylation is 1. The molecule has 1 heterocycles. The molecule has 1 amide bonds. The van der Waals surface area contributed by atoms with Crippen molar-refractivity contribution in [2.75, 3.05) is 17.7 Å². The molecule has 128 valence electrons. The molecular weight excluding hydrogens is 337 g/mol. The van der Waals surface area contributed by atoms with Gasteiger partial charge in [0.15, 0.2) is 0 Å². The van der Waals surface area contributed by atoms with Crippen LogP contribution in [0, 0.1) is 6.92 Å². The largest absolute Gasteiger partial charge is 0.416 e. The Morgan fingerprint density at radius 2 is 1.96 bits per heavy atom. The zero-order valence-corrected chi connectivity index (χ0v) is 14.3. The Kier molecular flexibility index (Phi) is 5.54. The van der Waals surface area contributed by atoms with Crippen molar-refractivity contribution in [1.29, 1.82) is 0 Å². The predicted molar refractivity (Wildman–Crippen MR) is 89.5 cm³/mol. The van der Waals surface area contributed by atoms with Gasteiger partial charge in [-0.05, 0) is 42.5 Å². The van der Waals surface area contributed by atoms with Crippen molar-refractivity contribution in [3.05, 3.63) is 53.2 Å². The fraction of sp³-hybridized carbons (Fsp3) is 0.294. The lowest BCUT2D eigenvalue weighted by Gasteiger charge is -2.19. The monoisotopic (exact) mass is 354 g/mol. The number of halogens is 3. The number of nitrogens with zero attached hydrogens (tertiary/aromatic N) is 2. The maximum atomic E-state index is 12.9. The highest BCUT2D eigenvalue weighted by Crippen LogP contribution is 2.34. The molecule has 0 radical (unpaired) electrons. The number of aromatic nitrogens is 1. The molecule has 2 aromatic rings. The minimum Gasteiger partial charge on any atom is -0.296 e. The Morgan fingerprint density at radius 3 is 2.50 bits per heavy atom. The Morgan fingerprint density at radius 1 is 1.25 bits per heavy atom. The van der Waals surface area contributed by atoms with Crippen LogP contribution in [0.4, 0.5) is 19.0 Å². The van der Waals surface area contributed by atoms with Gasteiger partial charge in [-0.15, -0.1) is 11.8 Å². The van der Waals surface area contributed by atoms with Crippen LogP contribution in [0.2, 0.25) is 0 Å². The molecule has 0 bridgehead atoms. The molecule has 0 spiro atoms. The summed E-state index contributed by atoms with van der Waals surface area (Å²) in [6.45, 7) is 3.70. The van der Waals surface area contributed by atoms with Gasteiger partial charge in [-0.2, -0.15) is 13.2 Å². The minimum absolute atomic E-state index is 0.236. The third-order valence-corrected chi connectivity index (χ3v) is 4.32. The van der Waals surface area contributed by atoms with Crippen LogP contribution in [0.25, 0.3) is 0 Å². The van der Waals surface area contributed by atoms with Gasteiger partial charge in [0.2, 0.25) is 0 Å². The number of alkyl halides is 3. The second kappa shape index (κ2) is 7.25. The maximum Gasteiger partial charge on any atom is 0.416 e. The lowest BCUT2D eigenvalue weighted by molar-refractivity contribution is -0.137. The normalized spacial score (nSPS) is 11.4. The fourth-order valence-corrected chi connectivity index (χ4v) is 2.93. The lowest BCUT2D eigenvalue weighted by Crippen LogP contribution is -2.27. The lowest BCUT2D eigenvalue weighted by atomic mass is 10.1. The Labute approximate surface area is 142 Å². The molecule has 0 saturated heterocycles. The highest BCUT2D eigenvalue weighted by molar-refractivity contribution is 7.99. The summed E-state index contributed by atoms with van der Waals surface area (Å²) in [5.41, 5.74) is 0.433. The van der Waals surface area contributed by atoms with Crippen LogP contribution in [-0.4, -0.2) is 23.7 Å². The van der Waals surface area contributed by atoms with E-state index in [9.17, 15) is 18.0 Å². The molecular formula is C17H17F3N2OS. The Balaban J connectivity index is 2.38. The van der Waals surface area contributed by atoms with Gasteiger partial charge < -0.3 is 0 Å². The van der Waals surface area contributed by atoms with E-state index >= 15 is 0 Å². The standard InChI is InChI=1S/C17H17F3N2OS/c1-4-24-14-9-12(17(18,19)20)6-7-13(14)16(23)22(3)15-8-5-11(2)10-21-15/h5-10H,4H2,1-3H3. The van der Waals surface area contributed by atoms with Gasteiger partial charge in [0.25, 0.3) is 5.91 Å². The van der Waals surface area contributed by atoms with Crippen LogP contribution < -0.4 is 4.90 Å². The first-order valence-corrected chi connectivity index (χ1v) is 8.27. The van der Waals surface area contributed by atoms with Crippen LogP contribution in [0.15, 0.2) is 41.4 Å². The van der Waals surface area contributed by atoms with Crippen LogP contribution in [0.1, 0.15) is 28.4 Å². The SMILES string of the molecule is CCSc1cc(C(F)(F)F)ccc1C(=O)N(C)c1ccc(C)cn1. The molecule has 0 saturated carbocycles. The van der Waals surface area contributed by atoms with E-state index in [2.05, 4.69) is 4.98 Å². The number of carbonyl (C=O) groups excluding carboxylic acids is 1. The van der Waals surface area contributed by atoms with E-state index in [-0.39, 0.29) is 5.56 Å². The number of amides is 1. The molecule has 0 aliphatic heterocycles. The molecule has 0 aliphatic rings. The third kappa shape index (κ3) is 4.08. The van der Waals surface area contributed by atoms with Gasteiger partial charge >= 0.3 is 6.18 Å². The summed E-state index contributed by atoms with van der Waals surface area (Å²) in [7, 11) is 1.55. The highest BCUT2D eigenvalue weighted by atomic mass is 32.2. The van der Waals surface area contributed by atoms with E-state index < -0.39 is 17.6 Å². The number of anilines is 1. The maximum absolute atomic E-state index is 12.9. The fourth-order valence-electron chi connectivity index (χ4n) is 2.09. The summed E-state index contributed by atoms with van der Waals surface area (Å²) in [6, 6.07) is 6.71. The van der Waals surface area contributed by atoms with Gasteiger partial charge in [0.1, 0.15) is 5.82 Å². The van der Waals surface area contributed by atoms with E-state index in [4.69, 9.17) is 0 Å². The quantitative estimate of drug-likeness (QED) is 0.740. The molecule has 0 aliphatic carbocycles. The number of thioether (sulfide) groups is 1. The van der Waals surface area contributed by atoms with Gasteiger partial charge in [0, 0.05) is 18.1 Å². The first-order valence-electron chi connectivity index (χ1n) is 7.28. The average molecular weight is 354 g/mol. The van der Waals surface area contributed by atoms with Crippen molar-refractivity contribution in [3.8, 4) is 0 Å². The van der Waals surface area contributed by atoms with Crippen molar-refractivity contribution >= 4 is 23.5 Å². The molecule has 2 rings (SSSR count). The molecule has 24 heavy (non-hydrogen) atoms. The number of rotatable bonds is 4. The minimum atomic E-state index is -4.44. The van der Waals surface area contributed by atoms with Crippen LogP contribution >= 0.6 is 11.8 Å². The molecule has 0 atom stereocenters. The van der Waals surface area contributed by atoms with Crippen molar-refractivity contribution < 1.29 is 18.0 Å². The van der Waals surface area contributed by atoms with E-state index in [1.54, 1.807) is 19.3 Å². The summed E-state index contributed by atoms with van der Waals surface area (Å²) >= 11 is 1.21. The zero-order chi connectivity index (χ0) is 17.9. The molecule has 0 N–H and O–H groups in total. The molecule has 0 fully saturated rings. The molecule has 3 nitrogen and oxygen atoms in total. The molecule has 1 aromatic carbocycles. The summed E-state index contributed by atoms with van der Waals surface area (Å²) in [6.07, 6.45) is -2.80. The van der Waals surface area contributed by atoms with Crippen LogP contribution in [-0.2, 0) is 6.18 Å². The van der Waals surface area contributed by atoms with Gasteiger partial charge in [-0.1, -0.05) is 13.0 Å². The Hall–Kier alpha value is -2.02. The third-order valence-electron chi connectivity index (χ3n) is 3.38. The topological polar surface area (TPSA) is 33.2 Å². The van der Waals surface area contributed by atoms with Crippen molar-refractivity contribution in [2.24, 2.45) is 0 Å². The van der Waals surface area contributed by atoms with Crippen molar-refractivity contribution in [3.63, 3.8) is 0 Å². The van der Waals surface area contributed by atoms with Crippen LogP contribution in [0.5, 0.6) is 0 Å². The van der Waals surface area contributed by atoms with Gasteiger partial charge in [-0.25, -0.2) is 4.98 Å².